The predicted molar refractivity (Wildman–Crippen MR) is 90.2 cm³/mol. The second kappa shape index (κ2) is 7.67. The van der Waals surface area contributed by atoms with E-state index >= 15 is 0 Å². The molecule has 0 saturated carbocycles. The first-order valence-electron chi connectivity index (χ1n) is 7.94. The van der Waals surface area contributed by atoms with Crippen molar-refractivity contribution < 1.29 is 27.1 Å². The highest BCUT2D eigenvalue weighted by Crippen LogP contribution is 2.41. The lowest BCUT2D eigenvalue weighted by Gasteiger charge is -2.19. The fourth-order valence-electron chi connectivity index (χ4n) is 2.53. The lowest BCUT2D eigenvalue weighted by atomic mass is 10.2. The Morgan fingerprint density at radius 3 is 2.78 bits per heavy atom. The lowest BCUT2D eigenvalue weighted by molar-refractivity contribution is -0.191. The normalized spacial score (nSPS) is 25.4. The summed E-state index contributed by atoms with van der Waals surface area (Å²) in [5.41, 5.74) is -1.28. The maximum absolute atomic E-state index is 14.8. The molecular weight excluding hydrogens is 385 g/mol. The van der Waals surface area contributed by atoms with E-state index in [1.54, 1.807) is 18.2 Å². The topological polar surface area (TPSA) is 99.6 Å². The fourth-order valence-corrected chi connectivity index (χ4v) is 3.16. The largest absolute Gasteiger partial charge is 0.750 e. The second-order valence-corrected chi connectivity index (χ2v) is 6.83. The maximum atomic E-state index is 14.8. The van der Waals surface area contributed by atoms with E-state index in [1.807, 2.05) is 4.98 Å². The highest BCUT2D eigenvalue weighted by atomic mass is 31.1. The number of halogens is 2. The van der Waals surface area contributed by atoms with Crippen LogP contribution in [0.3, 0.4) is 0 Å². The minimum Gasteiger partial charge on any atom is -0.317 e. The van der Waals surface area contributed by atoms with Gasteiger partial charge in [-0.1, -0.05) is 18.2 Å². The smallest absolute Gasteiger partial charge is 0.317 e. The molecule has 1 aromatic heterocycles. The molecular formula is C16H16F2N2O6P+. The average Bonchev–Trinajstić information content (AvgIpc) is 2.92. The Morgan fingerprint density at radius 1 is 1.37 bits per heavy atom. The summed E-state index contributed by atoms with van der Waals surface area (Å²) in [4.78, 5) is 25.3. The van der Waals surface area contributed by atoms with Crippen molar-refractivity contribution in [1.82, 2.24) is 9.55 Å². The Hall–Kier alpha value is -2.42. The zero-order valence-electron chi connectivity index (χ0n) is 14.1. The van der Waals surface area contributed by atoms with E-state index in [2.05, 4.69) is 0 Å². The van der Waals surface area contributed by atoms with Gasteiger partial charge in [-0.2, -0.15) is 0 Å². The summed E-state index contributed by atoms with van der Waals surface area (Å²) in [6.07, 6.45) is -2.75. The number of para-hydroxylation sites is 1. The third kappa shape index (κ3) is 4.29. The summed E-state index contributed by atoms with van der Waals surface area (Å²) in [5.74, 6) is -2.68. The van der Waals surface area contributed by atoms with Crippen LogP contribution in [0.4, 0.5) is 8.78 Å². The van der Waals surface area contributed by atoms with Crippen molar-refractivity contribution in [2.24, 2.45) is 0 Å². The van der Waals surface area contributed by atoms with E-state index < -0.39 is 50.8 Å². The van der Waals surface area contributed by atoms with Gasteiger partial charge in [0, 0.05) is 22.7 Å². The van der Waals surface area contributed by atoms with Gasteiger partial charge in [-0.15, -0.1) is 4.52 Å². The van der Waals surface area contributed by atoms with Crippen LogP contribution in [0.15, 0.2) is 46.1 Å². The van der Waals surface area contributed by atoms with Crippen LogP contribution in [0.1, 0.15) is 18.2 Å². The number of aromatic nitrogens is 2. The first-order valence-corrected chi connectivity index (χ1v) is 9.04. The van der Waals surface area contributed by atoms with Crippen LogP contribution in [-0.2, 0) is 13.8 Å². The van der Waals surface area contributed by atoms with E-state index in [0.29, 0.717) is 0 Å². The summed E-state index contributed by atoms with van der Waals surface area (Å²) >= 11 is 0. The average molecular weight is 401 g/mol. The van der Waals surface area contributed by atoms with Crippen LogP contribution >= 0.6 is 8.25 Å². The SMILES string of the molecule is Cc1cn([C@H]2C[C@H](F)[C@@](F)(CO[P+](=O)Oc3ccccc3)O2)c(=O)[nH]c1=O. The molecule has 1 aliphatic heterocycles. The molecule has 1 aliphatic rings. The Balaban J connectivity index is 1.66. The van der Waals surface area contributed by atoms with Gasteiger partial charge in [-0.3, -0.25) is 14.3 Å². The molecule has 0 amide bonds. The van der Waals surface area contributed by atoms with E-state index in [4.69, 9.17) is 13.8 Å². The number of ether oxygens (including phenoxy) is 1. The number of aryl methyl sites for hydroxylation is 1. The molecule has 144 valence electrons. The zero-order valence-corrected chi connectivity index (χ0v) is 15.0. The second-order valence-electron chi connectivity index (χ2n) is 5.94. The van der Waals surface area contributed by atoms with Crippen molar-refractivity contribution in [1.29, 1.82) is 0 Å². The monoisotopic (exact) mass is 401 g/mol. The summed E-state index contributed by atoms with van der Waals surface area (Å²) in [7, 11) is -2.76. The summed E-state index contributed by atoms with van der Waals surface area (Å²) in [6, 6.07) is 8.04. The Morgan fingerprint density at radius 2 is 2.07 bits per heavy atom. The Kier molecular flexibility index (Phi) is 5.50. The van der Waals surface area contributed by atoms with Gasteiger partial charge in [0.15, 0.2) is 18.5 Å². The molecule has 3 rings (SSSR count). The first-order chi connectivity index (χ1) is 12.8. The predicted octanol–water partition coefficient (Wildman–Crippen LogP) is 2.52. The Labute approximate surface area is 152 Å². The molecule has 1 fully saturated rings. The highest BCUT2D eigenvalue weighted by Gasteiger charge is 2.53. The van der Waals surface area contributed by atoms with Crippen LogP contribution in [0.2, 0.25) is 0 Å². The van der Waals surface area contributed by atoms with E-state index in [9.17, 15) is 22.9 Å². The molecule has 4 atom stereocenters. The summed E-state index contributed by atoms with van der Waals surface area (Å²) in [6.45, 7) is 0.442. The van der Waals surface area contributed by atoms with Crippen molar-refractivity contribution in [3.05, 3.63) is 62.9 Å². The quantitative estimate of drug-likeness (QED) is 0.747. The molecule has 0 bridgehead atoms. The number of aromatic amines is 1. The third-order valence-electron chi connectivity index (χ3n) is 3.95. The minimum atomic E-state index is -2.92. The van der Waals surface area contributed by atoms with Crippen molar-refractivity contribution >= 4 is 8.25 Å². The molecule has 11 heteroatoms. The number of hydrogen-bond acceptors (Lipinski definition) is 6. The number of rotatable bonds is 6. The molecule has 27 heavy (non-hydrogen) atoms. The molecule has 1 aromatic carbocycles. The minimum absolute atomic E-state index is 0.181. The maximum Gasteiger partial charge on any atom is 0.750 e. The van der Waals surface area contributed by atoms with Crippen molar-refractivity contribution in [2.45, 2.75) is 31.6 Å². The lowest BCUT2D eigenvalue weighted by Crippen LogP contribution is -2.37. The molecule has 0 radical (unpaired) electrons. The number of nitrogens with zero attached hydrogens (tertiary/aromatic N) is 1. The zero-order chi connectivity index (χ0) is 19.6. The number of benzene rings is 1. The standard InChI is InChI=1S/C16H15F2N2O6P/c1-10-8-20(15(22)19-14(10)21)13-7-12(17)16(18,25-13)9-24-27(23)26-11-5-3-2-4-6-11/h2-6,8,12-13H,7,9H2,1H3/p+1/t12-,13+,16+/m0/s1. The van der Waals surface area contributed by atoms with Gasteiger partial charge in [-0.25, -0.2) is 18.1 Å². The van der Waals surface area contributed by atoms with Gasteiger partial charge < -0.3 is 4.74 Å². The van der Waals surface area contributed by atoms with Gasteiger partial charge in [0.05, 0.1) is 0 Å². The highest BCUT2D eigenvalue weighted by molar-refractivity contribution is 7.33. The molecule has 1 saturated heterocycles. The first kappa shape index (κ1) is 19.3. The van der Waals surface area contributed by atoms with Crippen molar-refractivity contribution in [2.75, 3.05) is 6.61 Å². The third-order valence-corrected chi connectivity index (χ3v) is 4.65. The van der Waals surface area contributed by atoms with Crippen molar-refractivity contribution in [3.8, 4) is 5.75 Å². The van der Waals surface area contributed by atoms with Crippen LogP contribution in [0.5, 0.6) is 5.75 Å². The van der Waals surface area contributed by atoms with Gasteiger partial charge in [-0.05, 0) is 19.1 Å². The number of nitrogens with one attached hydrogen (secondary N) is 1. The molecule has 1 N–H and O–H groups in total. The molecule has 1 unspecified atom stereocenters. The van der Waals surface area contributed by atoms with Gasteiger partial charge in [0.1, 0.15) is 6.23 Å². The van der Waals surface area contributed by atoms with E-state index in [-0.39, 0.29) is 11.3 Å². The van der Waals surface area contributed by atoms with Gasteiger partial charge in [0.25, 0.3) is 11.4 Å². The fraction of sp³-hybridized carbons (Fsp3) is 0.375. The molecule has 8 nitrogen and oxygen atoms in total. The summed E-state index contributed by atoms with van der Waals surface area (Å²) in [5, 5.41) is 0. The number of hydrogen-bond donors (Lipinski definition) is 1. The Bertz CT molecular complexity index is 950. The van der Waals surface area contributed by atoms with Crippen molar-refractivity contribution in [3.63, 3.8) is 0 Å². The van der Waals surface area contributed by atoms with Crippen LogP contribution in [0, 0.1) is 6.92 Å². The molecule has 0 spiro atoms. The van der Waals surface area contributed by atoms with E-state index in [0.717, 1.165) is 10.8 Å². The van der Waals surface area contributed by atoms with Gasteiger partial charge >= 0.3 is 13.9 Å². The summed E-state index contributed by atoms with van der Waals surface area (Å²) < 4.78 is 56.4. The molecule has 0 aliphatic carbocycles. The van der Waals surface area contributed by atoms with E-state index in [1.165, 1.54) is 19.1 Å². The van der Waals surface area contributed by atoms with Crippen LogP contribution in [0.25, 0.3) is 0 Å². The molecule has 2 heterocycles. The number of alkyl halides is 2. The number of H-pyrrole nitrogens is 1. The van der Waals surface area contributed by atoms with Crippen LogP contribution in [-0.4, -0.2) is 28.2 Å². The molecule has 2 aromatic rings. The van der Waals surface area contributed by atoms with Gasteiger partial charge in [0.2, 0.25) is 0 Å². The van der Waals surface area contributed by atoms with Crippen LogP contribution < -0.4 is 15.8 Å².